The van der Waals surface area contributed by atoms with Crippen molar-refractivity contribution < 1.29 is 4.42 Å². The molecule has 0 atom stereocenters. The van der Waals surface area contributed by atoms with Crippen molar-refractivity contribution in [3.8, 4) is 0 Å². The summed E-state index contributed by atoms with van der Waals surface area (Å²) in [7, 11) is 0. The predicted octanol–water partition coefficient (Wildman–Crippen LogP) is 2.59. The van der Waals surface area contributed by atoms with Crippen molar-refractivity contribution in [3.63, 3.8) is 0 Å². The van der Waals surface area contributed by atoms with Crippen molar-refractivity contribution in [2.45, 2.75) is 0 Å². The van der Waals surface area contributed by atoms with Crippen LogP contribution < -0.4 is 0 Å². The van der Waals surface area contributed by atoms with Gasteiger partial charge in [-0.25, -0.2) is 0 Å². The molecule has 0 saturated heterocycles. The van der Waals surface area contributed by atoms with Gasteiger partial charge in [0.2, 0.25) is 0 Å². The van der Waals surface area contributed by atoms with Crippen LogP contribution in [0.2, 0.25) is 10.0 Å². The minimum Gasteiger partial charge on any atom is -0.469 e. The first-order valence-electron chi connectivity index (χ1n) is 1.68. The van der Waals surface area contributed by atoms with Gasteiger partial charge in [0.15, 0.2) is 0 Å². The molecule has 0 unspecified atom stereocenters. The fraction of sp³-hybridized carbons (Fsp3) is 0. The van der Waals surface area contributed by atoms with E-state index in [1.54, 1.807) is 0 Å². The molecule has 1 nitrogen and oxygen atoms in total. The second-order valence-corrected chi connectivity index (χ2v) is 1.88. The Hall–Kier alpha value is -0.140. The Morgan fingerprint density at radius 2 is 1.57 bits per heavy atom. The highest BCUT2D eigenvalue weighted by Gasteiger charge is 1.94. The highest BCUT2D eigenvalue weighted by molar-refractivity contribution is 6.41. The number of furan rings is 1. The van der Waals surface area contributed by atoms with E-state index in [1.165, 1.54) is 12.5 Å². The maximum absolute atomic E-state index is 5.40. The molecule has 0 amide bonds. The molecule has 0 spiro atoms. The van der Waals surface area contributed by atoms with Crippen molar-refractivity contribution in [3.05, 3.63) is 22.6 Å². The largest absolute Gasteiger partial charge is 0.469 e. The third kappa shape index (κ3) is 0.898. The molecule has 0 aliphatic carbocycles. The molecule has 1 aromatic rings. The number of rotatable bonds is 0. The fourth-order valence-corrected chi connectivity index (χ4v) is 0.458. The van der Waals surface area contributed by atoms with Gasteiger partial charge in [0.1, 0.15) is 12.5 Å². The molecule has 1 rings (SSSR count). The molecule has 0 fully saturated rings. The maximum Gasteiger partial charge on any atom is 0.110 e. The maximum atomic E-state index is 5.40. The van der Waals surface area contributed by atoms with Crippen LogP contribution in [0, 0.1) is 0 Å². The third-order valence-corrected chi connectivity index (χ3v) is 1.25. The lowest BCUT2D eigenvalue weighted by Gasteiger charge is -1.70. The first-order valence-corrected chi connectivity index (χ1v) is 2.43. The summed E-state index contributed by atoms with van der Waals surface area (Å²) in [5.41, 5.74) is 0. The molecule has 0 saturated carbocycles. The average Bonchev–Trinajstić information content (AvgIpc) is 1.91. The molecule has 0 aromatic carbocycles. The normalized spacial score (nSPS) is 9.43. The second-order valence-electron chi connectivity index (χ2n) is 1.07. The molecule has 0 N–H and O–H groups in total. The summed E-state index contributed by atoms with van der Waals surface area (Å²) in [5.74, 6) is 0. The van der Waals surface area contributed by atoms with E-state index < -0.39 is 0 Å². The molecule has 1 aromatic heterocycles. The van der Waals surface area contributed by atoms with Gasteiger partial charge in [-0.15, -0.1) is 0 Å². The lowest BCUT2D eigenvalue weighted by atomic mass is 10.7. The topological polar surface area (TPSA) is 13.1 Å². The zero-order valence-electron chi connectivity index (χ0n) is 3.32. The Bertz CT molecular complexity index is 142. The van der Waals surface area contributed by atoms with Gasteiger partial charge in [-0.05, 0) is 0 Å². The van der Waals surface area contributed by atoms with Crippen LogP contribution in [0.1, 0.15) is 0 Å². The van der Waals surface area contributed by atoms with Crippen LogP contribution in [-0.2, 0) is 0 Å². The van der Waals surface area contributed by atoms with E-state index in [-0.39, 0.29) is 0 Å². The summed E-state index contributed by atoms with van der Waals surface area (Å²) >= 11 is 10.8. The second kappa shape index (κ2) is 1.76. The monoisotopic (exact) mass is 136 g/mol. The molecular weight excluding hydrogens is 135 g/mol. The van der Waals surface area contributed by atoms with Crippen molar-refractivity contribution >= 4 is 23.2 Å². The molecule has 0 aliphatic rings. The minimum atomic E-state index is 0.460. The minimum absolute atomic E-state index is 0.460. The van der Waals surface area contributed by atoms with Crippen LogP contribution in [0.25, 0.3) is 0 Å². The predicted molar refractivity (Wildman–Crippen MR) is 28.7 cm³/mol. The molecule has 38 valence electrons. The summed E-state index contributed by atoms with van der Waals surface area (Å²) in [6.07, 6.45) is 2.76. The van der Waals surface area contributed by atoms with Gasteiger partial charge in [-0.2, -0.15) is 0 Å². The SMILES string of the molecule is Clc1cocc1Cl. The Morgan fingerprint density at radius 3 is 1.71 bits per heavy atom. The van der Waals surface area contributed by atoms with E-state index in [2.05, 4.69) is 4.42 Å². The van der Waals surface area contributed by atoms with E-state index in [9.17, 15) is 0 Å². The van der Waals surface area contributed by atoms with E-state index in [1.807, 2.05) is 0 Å². The molecule has 0 aliphatic heterocycles. The highest BCUT2D eigenvalue weighted by atomic mass is 35.5. The van der Waals surface area contributed by atoms with Gasteiger partial charge in [0.05, 0.1) is 10.0 Å². The smallest absolute Gasteiger partial charge is 0.110 e. The molecule has 3 heteroatoms. The summed E-state index contributed by atoms with van der Waals surface area (Å²) in [6.45, 7) is 0. The first kappa shape index (κ1) is 5.01. The van der Waals surface area contributed by atoms with Crippen molar-refractivity contribution in [1.82, 2.24) is 0 Å². The molecule has 0 bridgehead atoms. The van der Waals surface area contributed by atoms with E-state index >= 15 is 0 Å². The highest BCUT2D eigenvalue weighted by Crippen LogP contribution is 2.21. The number of hydrogen-bond acceptors (Lipinski definition) is 1. The van der Waals surface area contributed by atoms with Gasteiger partial charge >= 0.3 is 0 Å². The quantitative estimate of drug-likeness (QED) is 0.535. The lowest BCUT2D eigenvalue weighted by molar-refractivity contribution is 0.567. The van der Waals surface area contributed by atoms with Crippen LogP contribution in [0.5, 0.6) is 0 Å². The summed E-state index contributed by atoms with van der Waals surface area (Å²) in [6, 6.07) is 0. The van der Waals surface area contributed by atoms with E-state index in [0.29, 0.717) is 10.0 Å². The fourth-order valence-electron chi connectivity index (χ4n) is 0.266. The number of halogens is 2. The van der Waals surface area contributed by atoms with Gasteiger partial charge < -0.3 is 4.42 Å². The zero-order chi connectivity index (χ0) is 5.28. The van der Waals surface area contributed by atoms with Crippen LogP contribution in [-0.4, -0.2) is 0 Å². The van der Waals surface area contributed by atoms with Crippen molar-refractivity contribution in [2.75, 3.05) is 0 Å². The summed E-state index contributed by atoms with van der Waals surface area (Å²) in [5, 5.41) is 0.920. The van der Waals surface area contributed by atoms with E-state index in [0.717, 1.165) is 0 Å². The van der Waals surface area contributed by atoms with Crippen LogP contribution in [0.15, 0.2) is 16.9 Å². The number of hydrogen-bond donors (Lipinski definition) is 0. The summed E-state index contributed by atoms with van der Waals surface area (Å²) in [4.78, 5) is 0. The van der Waals surface area contributed by atoms with Crippen LogP contribution >= 0.6 is 23.2 Å². The van der Waals surface area contributed by atoms with Crippen LogP contribution in [0.4, 0.5) is 0 Å². The Balaban J connectivity index is 3.12. The zero-order valence-corrected chi connectivity index (χ0v) is 4.83. The third-order valence-electron chi connectivity index (χ3n) is 0.571. The van der Waals surface area contributed by atoms with E-state index in [4.69, 9.17) is 23.2 Å². The lowest BCUT2D eigenvalue weighted by Crippen LogP contribution is -1.45. The first-order chi connectivity index (χ1) is 3.30. The Kier molecular flexibility index (Phi) is 1.26. The van der Waals surface area contributed by atoms with Gasteiger partial charge in [-0.1, -0.05) is 23.2 Å². The van der Waals surface area contributed by atoms with Crippen molar-refractivity contribution in [2.24, 2.45) is 0 Å². The Morgan fingerprint density at radius 1 is 1.14 bits per heavy atom. The molecular formula is C4H2Cl2O. The summed E-state index contributed by atoms with van der Waals surface area (Å²) < 4.78 is 4.58. The van der Waals surface area contributed by atoms with Crippen LogP contribution in [0.3, 0.4) is 0 Å². The molecule has 0 radical (unpaired) electrons. The molecule has 1 heterocycles. The van der Waals surface area contributed by atoms with Gasteiger partial charge in [0.25, 0.3) is 0 Å². The standard InChI is InChI=1S/C4H2Cl2O/c5-3-1-7-2-4(3)6/h1-2H. The average molecular weight is 137 g/mol. The Labute approximate surface area is 50.8 Å². The van der Waals surface area contributed by atoms with Gasteiger partial charge in [-0.3, -0.25) is 0 Å². The molecule has 7 heavy (non-hydrogen) atoms. The van der Waals surface area contributed by atoms with Gasteiger partial charge in [0, 0.05) is 0 Å². The van der Waals surface area contributed by atoms with Crippen molar-refractivity contribution in [1.29, 1.82) is 0 Å².